The van der Waals surface area contributed by atoms with Gasteiger partial charge in [0, 0.05) is 38.4 Å². The van der Waals surface area contributed by atoms with Gasteiger partial charge in [-0.3, -0.25) is 10.1 Å². The number of non-ortho nitro benzene ring substituents is 1. The molecule has 0 amide bonds. The third kappa shape index (κ3) is 4.18. The lowest BCUT2D eigenvalue weighted by atomic mass is 10.0. The zero-order valence-electron chi connectivity index (χ0n) is 12.6. The molecule has 1 fully saturated rings. The molecule has 1 aliphatic heterocycles. The van der Waals surface area contributed by atoms with E-state index >= 15 is 0 Å². The third-order valence-electron chi connectivity index (χ3n) is 3.85. The molecule has 1 aliphatic rings. The number of nitrogens with two attached hydrogens (primary N) is 1. The molecule has 1 aromatic rings. The minimum absolute atomic E-state index is 0. The van der Waals surface area contributed by atoms with Crippen molar-refractivity contribution >= 4 is 28.1 Å². The van der Waals surface area contributed by atoms with Gasteiger partial charge in [-0.05, 0) is 18.9 Å². The summed E-state index contributed by atoms with van der Waals surface area (Å²) in [6.07, 6.45) is 1.06. The van der Waals surface area contributed by atoms with Crippen LogP contribution in [0.15, 0.2) is 29.2 Å². The van der Waals surface area contributed by atoms with Gasteiger partial charge >= 0.3 is 0 Å². The lowest BCUT2D eigenvalue weighted by Crippen LogP contribution is -2.51. The van der Waals surface area contributed by atoms with E-state index in [1.54, 1.807) is 7.11 Å². The van der Waals surface area contributed by atoms with E-state index in [-0.39, 0.29) is 48.2 Å². The Bertz CT molecular complexity index is 655. The molecule has 2 N–H and O–H groups in total. The van der Waals surface area contributed by atoms with Gasteiger partial charge in [0.2, 0.25) is 10.0 Å². The zero-order chi connectivity index (χ0) is 16.3. The first-order valence-electron chi connectivity index (χ1n) is 6.89. The Balaban J connectivity index is 0.00000264. The van der Waals surface area contributed by atoms with Crippen molar-refractivity contribution in [3.05, 3.63) is 34.4 Å². The zero-order valence-corrected chi connectivity index (χ0v) is 14.3. The van der Waals surface area contributed by atoms with Crippen molar-refractivity contribution in [1.82, 2.24) is 4.31 Å². The van der Waals surface area contributed by atoms with Crippen molar-refractivity contribution in [3.8, 4) is 0 Å². The normalized spacial score (nSPS) is 22.3. The van der Waals surface area contributed by atoms with E-state index in [1.165, 1.54) is 22.5 Å². The molecule has 8 nitrogen and oxygen atoms in total. The van der Waals surface area contributed by atoms with Crippen LogP contribution in [0, 0.1) is 10.1 Å². The average molecular weight is 366 g/mol. The number of nitrogens with zero attached hydrogens (tertiary/aromatic N) is 2. The standard InChI is InChI=1S/C13H19N3O5S.ClH/c1-21-12-5-6-15(11(7-12)9-14)22(19,20)13-4-2-3-10(8-13)16(17)18;/h2-4,8,11-12H,5-7,9,14H2,1H3;1H. The van der Waals surface area contributed by atoms with E-state index in [0.717, 1.165) is 6.07 Å². The molecule has 0 radical (unpaired) electrons. The second-order valence-electron chi connectivity index (χ2n) is 5.14. The van der Waals surface area contributed by atoms with Gasteiger partial charge in [0.05, 0.1) is 15.9 Å². The van der Waals surface area contributed by atoms with E-state index < -0.39 is 14.9 Å². The number of nitro groups is 1. The summed E-state index contributed by atoms with van der Waals surface area (Å²) in [5, 5.41) is 10.8. The van der Waals surface area contributed by atoms with Crippen LogP contribution in [0.2, 0.25) is 0 Å². The van der Waals surface area contributed by atoms with Crippen LogP contribution in [0.3, 0.4) is 0 Å². The van der Waals surface area contributed by atoms with Crippen molar-refractivity contribution < 1.29 is 18.1 Å². The fourth-order valence-corrected chi connectivity index (χ4v) is 4.33. The number of ether oxygens (including phenoxy) is 1. The Kier molecular flexibility index (Phi) is 6.90. The number of rotatable bonds is 5. The maximum Gasteiger partial charge on any atom is 0.270 e. The van der Waals surface area contributed by atoms with Crippen LogP contribution in [-0.2, 0) is 14.8 Å². The number of hydrogen-bond donors (Lipinski definition) is 1. The molecule has 0 bridgehead atoms. The lowest BCUT2D eigenvalue weighted by molar-refractivity contribution is -0.385. The van der Waals surface area contributed by atoms with Crippen LogP contribution in [0.1, 0.15) is 12.8 Å². The molecule has 0 aromatic heterocycles. The van der Waals surface area contributed by atoms with Gasteiger partial charge in [-0.15, -0.1) is 12.4 Å². The van der Waals surface area contributed by atoms with Crippen LogP contribution < -0.4 is 5.73 Å². The molecular formula is C13H20ClN3O5S. The Morgan fingerprint density at radius 1 is 1.48 bits per heavy atom. The summed E-state index contributed by atoms with van der Waals surface area (Å²) in [6.45, 7) is 0.458. The summed E-state index contributed by atoms with van der Waals surface area (Å²) in [5.74, 6) is 0. The second kappa shape index (κ2) is 8.02. The molecule has 2 atom stereocenters. The highest BCUT2D eigenvalue weighted by molar-refractivity contribution is 7.89. The minimum atomic E-state index is -3.82. The smallest absolute Gasteiger partial charge is 0.270 e. The minimum Gasteiger partial charge on any atom is -0.381 e. The number of nitro benzene ring substituents is 1. The highest BCUT2D eigenvalue weighted by Crippen LogP contribution is 2.27. The van der Waals surface area contributed by atoms with E-state index in [0.29, 0.717) is 12.8 Å². The number of sulfonamides is 1. The first-order chi connectivity index (χ1) is 10.4. The van der Waals surface area contributed by atoms with Crippen LogP contribution in [0.25, 0.3) is 0 Å². The summed E-state index contributed by atoms with van der Waals surface area (Å²) in [6, 6.07) is 4.69. The summed E-state index contributed by atoms with van der Waals surface area (Å²) >= 11 is 0. The Labute approximate surface area is 141 Å². The van der Waals surface area contributed by atoms with Crippen LogP contribution >= 0.6 is 12.4 Å². The van der Waals surface area contributed by atoms with E-state index in [1.807, 2.05) is 0 Å². The van der Waals surface area contributed by atoms with Gasteiger partial charge in [0.15, 0.2) is 0 Å². The molecule has 0 aliphatic carbocycles. The van der Waals surface area contributed by atoms with Gasteiger partial charge in [-0.25, -0.2) is 8.42 Å². The number of methoxy groups -OCH3 is 1. The number of benzene rings is 1. The predicted octanol–water partition coefficient (Wildman–Crippen LogP) is 1.14. The van der Waals surface area contributed by atoms with E-state index in [2.05, 4.69) is 0 Å². The third-order valence-corrected chi connectivity index (χ3v) is 5.80. The molecule has 10 heteroatoms. The van der Waals surface area contributed by atoms with Crippen molar-refractivity contribution in [2.75, 3.05) is 20.2 Å². The summed E-state index contributed by atoms with van der Waals surface area (Å²) in [7, 11) is -2.23. The summed E-state index contributed by atoms with van der Waals surface area (Å²) in [4.78, 5) is 10.1. The first-order valence-corrected chi connectivity index (χ1v) is 8.33. The average Bonchev–Trinajstić information content (AvgIpc) is 2.54. The van der Waals surface area contributed by atoms with Gasteiger partial charge in [0.1, 0.15) is 0 Å². The molecule has 23 heavy (non-hydrogen) atoms. The van der Waals surface area contributed by atoms with Crippen molar-refractivity contribution in [2.45, 2.75) is 29.9 Å². The molecular weight excluding hydrogens is 346 g/mol. The maximum absolute atomic E-state index is 12.7. The van der Waals surface area contributed by atoms with E-state index in [9.17, 15) is 18.5 Å². The number of hydrogen-bond acceptors (Lipinski definition) is 6. The molecule has 2 rings (SSSR count). The highest BCUT2D eigenvalue weighted by atomic mass is 35.5. The Morgan fingerprint density at radius 2 is 2.17 bits per heavy atom. The highest BCUT2D eigenvalue weighted by Gasteiger charge is 2.36. The van der Waals surface area contributed by atoms with Crippen molar-refractivity contribution in [1.29, 1.82) is 0 Å². The Morgan fingerprint density at radius 3 is 2.74 bits per heavy atom. The molecule has 1 saturated heterocycles. The number of halogens is 1. The Hall–Kier alpha value is -1.26. The fraction of sp³-hybridized carbons (Fsp3) is 0.538. The van der Waals surface area contributed by atoms with Gasteiger partial charge < -0.3 is 10.5 Å². The maximum atomic E-state index is 12.7. The quantitative estimate of drug-likeness (QED) is 0.618. The fourth-order valence-electron chi connectivity index (χ4n) is 2.63. The van der Waals surface area contributed by atoms with Gasteiger partial charge in [0.25, 0.3) is 5.69 Å². The first kappa shape index (κ1) is 19.8. The topological polar surface area (TPSA) is 116 Å². The van der Waals surface area contributed by atoms with Crippen LogP contribution in [0.5, 0.6) is 0 Å². The van der Waals surface area contributed by atoms with Gasteiger partial charge in [-0.1, -0.05) is 6.07 Å². The summed E-state index contributed by atoms with van der Waals surface area (Å²) in [5.41, 5.74) is 5.44. The molecule has 1 heterocycles. The lowest BCUT2D eigenvalue weighted by Gasteiger charge is -2.37. The van der Waals surface area contributed by atoms with Crippen LogP contribution in [0.4, 0.5) is 5.69 Å². The van der Waals surface area contributed by atoms with E-state index in [4.69, 9.17) is 10.5 Å². The monoisotopic (exact) mass is 365 g/mol. The SMILES string of the molecule is COC1CCN(S(=O)(=O)c2cccc([N+](=O)[O-])c2)C(CN)C1.Cl. The second-order valence-corrected chi connectivity index (χ2v) is 7.03. The number of piperidine rings is 1. The van der Waals surface area contributed by atoms with Crippen molar-refractivity contribution in [2.24, 2.45) is 5.73 Å². The predicted molar refractivity (Wildman–Crippen MR) is 87.1 cm³/mol. The van der Waals surface area contributed by atoms with Crippen molar-refractivity contribution in [3.63, 3.8) is 0 Å². The molecule has 0 spiro atoms. The van der Waals surface area contributed by atoms with Gasteiger partial charge in [-0.2, -0.15) is 4.31 Å². The van der Waals surface area contributed by atoms with Crippen LogP contribution in [-0.4, -0.2) is 50.0 Å². The summed E-state index contributed by atoms with van der Waals surface area (Å²) < 4.78 is 32.1. The largest absolute Gasteiger partial charge is 0.381 e. The molecule has 130 valence electrons. The molecule has 2 unspecified atom stereocenters. The molecule has 0 saturated carbocycles. The molecule has 1 aromatic carbocycles.